The maximum absolute atomic E-state index is 13.0. The number of carboxylic acid groups (broad SMARTS) is 1. The third-order valence-electron chi connectivity index (χ3n) is 3.45. The molecule has 0 bridgehead atoms. The van der Waals surface area contributed by atoms with Crippen LogP contribution in [0.25, 0.3) is 0 Å². The number of carboxylic acids is 1. The molecular formula is C15H17F2NO3. The summed E-state index contributed by atoms with van der Waals surface area (Å²) in [5.74, 6) is -3.00. The van der Waals surface area contributed by atoms with Crippen molar-refractivity contribution >= 4 is 11.9 Å². The molecule has 1 N–H and O–H groups in total. The number of aliphatic carboxylic acids is 1. The molecule has 4 nitrogen and oxygen atoms in total. The van der Waals surface area contributed by atoms with Crippen LogP contribution < -0.4 is 0 Å². The van der Waals surface area contributed by atoms with Crippen molar-refractivity contribution in [2.24, 2.45) is 0 Å². The number of hydrogen-bond donors (Lipinski definition) is 1. The van der Waals surface area contributed by atoms with Gasteiger partial charge in [0, 0.05) is 12.5 Å². The number of carbonyl (C=O) groups is 2. The van der Waals surface area contributed by atoms with Gasteiger partial charge >= 0.3 is 5.97 Å². The highest BCUT2D eigenvalue weighted by molar-refractivity contribution is 5.81. The minimum atomic E-state index is -1.02. The molecule has 0 saturated heterocycles. The van der Waals surface area contributed by atoms with Crippen LogP contribution in [0.4, 0.5) is 8.78 Å². The smallest absolute Gasteiger partial charge is 0.323 e. The molecule has 1 aromatic carbocycles. The SMILES string of the molecule is O=C(O)CN(C(=O)CCCc1ccc(F)c(F)c1)C1CC1. The zero-order valence-electron chi connectivity index (χ0n) is 11.5. The van der Waals surface area contributed by atoms with Gasteiger partial charge in [-0.25, -0.2) is 8.78 Å². The Kier molecular flexibility index (Phi) is 4.88. The lowest BCUT2D eigenvalue weighted by molar-refractivity contribution is -0.144. The van der Waals surface area contributed by atoms with Gasteiger partial charge in [-0.2, -0.15) is 0 Å². The summed E-state index contributed by atoms with van der Waals surface area (Å²) in [7, 11) is 0. The summed E-state index contributed by atoms with van der Waals surface area (Å²) >= 11 is 0. The lowest BCUT2D eigenvalue weighted by Crippen LogP contribution is -2.37. The summed E-state index contributed by atoms with van der Waals surface area (Å²) in [6, 6.07) is 3.72. The van der Waals surface area contributed by atoms with E-state index in [2.05, 4.69) is 0 Å². The van der Waals surface area contributed by atoms with E-state index in [9.17, 15) is 18.4 Å². The summed E-state index contributed by atoms with van der Waals surface area (Å²) in [5.41, 5.74) is 0.623. The fourth-order valence-corrected chi connectivity index (χ4v) is 2.24. The topological polar surface area (TPSA) is 57.6 Å². The van der Waals surface area contributed by atoms with Crippen molar-refractivity contribution in [2.45, 2.75) is 38.1 Å². The minimum absolute atomic E-state index is 0.0527. The van der Waals surface area contributed by atoms with Crippen LogP contribution in [0.3, 0.4) is 0 Å². The van der Waals surface area contributed by atoms with E-state index in [0.717, 1.165) is 25.0 Å². The van der Waals surface area contributed by atoms with Crippen molar-refractivity contribution in [3.05, 3.63) is 35.4 Å². The van der Waals surface area contributed by atoms with Gasteiger partial charge in [0.25, 0.3) is 0 Å². The summed E-state index contributed by atoms with van der Waals surface area (Å²) < 4.78 is 25.8. The molecule has 114 valence electrons. The lowest BCUT2D eigenvalue weighted by atomic mass is 10.1. The highest BCUT2D eigenvalue weighted by Gasteiger charge is 2.33. The Hall–Kier alpha value is -1.98. The predicted molar refractivity (Wildman–Crippen MR) is 71.7 cm³/mol. The Morgan fingerprint density at radius 2 is 1.95 bits per heavy atom. The van der Waals surface area contributed by atoms with Crippen LogP contribution in [-0.2, 0) is 16.0 Å². The van der Waals surface area contributed by atoms with Gasteiger partial charge in [0.05, 0.1) is 0 Å². The van der Waals surface area contributed by atoms with Gasteiger partial charge < -0.3 is 10.0 Å². The second-order valence-electron chi connectivity index (χ2n) is 5.25. The van der Waals surface area contributed by atoms with E-state index in [1.54, 1.807) is 0 Å². The van der Waals surface area contributed by atoms with Gasteiger partial charge in [-0.15, -0.1) is 0 Å². The second-order valence-corrected chi connectivity index (χ2v) is 5.25. The van der Waals surface area contributed by atoms with E-state index in [1.165, 1.54) is 11.0 Å². The number of carbonyl (C=O) groups excluding carboxylic acids is 1. The van der Waals surface area contributed by atoms with Crippen LogP contribution in [-0.4, -0.2) is 34.5 Å². The molecule has 1 saturated carbocycles. The van der Waals surface area contributed by atoms with E-state index >= 15 is 0 Å². The Labute approximate surface area is 121 Å². The standard InChI is InChI=1S/C15H17F2NO3/c16-12-7-4-10(8-13(12)17)2-1-3-14(19)18(9-15(20)21)11-5-6-11/h4,7-8,11H,1-3,5-6,9H2,(H,20,21). The van der Waals surface area contributed by atoms with Crippen LogP contribution in [0.5, 0.6) is 0 Å². The molecule has 6 heteroatoms. The maximum Gasteiger partial charge on any atom is 0.323 e. The van der Waals surface area contributed by atoms with Crippen LogP contribution in [0, 0.1) is 11.6 Å². The Morgan fingerprint density at radius 3 is 2.52 bits per heavy atom. The number of benzene rings is 1. The molecule has 0 aliphatic heterocycles. The van der Waals surface area contributed by atoms with E-state index in [1.807, 2.05) is 0 Å². The fraction of sp³-hybridized carbons (Fsp3) is 0.467. The normalized spacial score (nSPS) is 14.0. The van der Waals surface area contributed by atoms with Gasteiger partial charge in [-0.3, -0.25) is 9.59 Å². The fourth-order valence-electron chi connectivity index (χ4n) is 2.24. The average Bonchev–Trinajstić information content (AvgIpc) is 3.24. The summed E-state index contributed by atoms with van der Waals surface area (Å²) in [6.07, 6.45) is 2.84. The van der Waals surface area contributed by atoms with Gasteiger partial charge in [-0.05, 0) is 43.4 Å². The summed E-state index contributed by atoms with van der Waals surface area (Å²) in [4.78, 5) is 24.1. The number of rotatable bonds is 7. The summed E-state index contributed by atoms with van der Waals surface area (Å²) in [5, 5.41) is 8.80. The van der Waals surface area contributed by atoms with Crippen molar-refractivity contribution in [2.75, 3.05) is 6.54 Å². The van der Waals surface area contributed by atoms with E-state index in [4.69, 9.17) is 5.11 Å². The molecule has 1 aliphatic rings. The van der Waals surface area contributed by atoms with Gasteiger partial charge in [0.2, 0.25) is 5.91 Å². The summed E-state index contributed by atoms with van der Waals surface area (Å²) in [6.45, 7) is -0.269. The Morgan fingerprint density at radius 1 is 1.24 bits per heavy atom. The van der Waals surface area contributed by atoms with Crippen LogP contribution in [0.1, 0.15) is 31.2 Å². The van der Waals surface area contributed by atoms with Crippen LogP contribution in [0.2, 0.25) is 0 Å². The minimum Gasteiger partial charge on any atom is -0.480 e. The zero-order chi connectivity index (χ0) is 15.4. The van der Waals surface area contributed by atoms with Gasteiger partial charge in [-0.1, -0.05) is 6.07 Å². The average molecular weight is 297 g/mol. The van der Waals surface area contributed by atoms with E-state index in [0.29, 0.717) is 18.4 Å². The second kappa shape index (κ2) is 6.65. The quantitative estimate of drug-likeness (QED) is 0.840. The monoisotopic (exact) mass is 297 g/mol. The van der Waals surface area contributed by atoms with Gasteiger partial charge in [0.1, 0.15) is 6.54 Å². The van der Waals surface area contributed by atoms with Crippen molar-refractivity contribution in [1.29, 1.82) is 0 Å². The first-order valence-electron chi connectivity index (χ1n) is 6.92. The largest absolute Gasteiger partial charge is 0.480 e. The zero-order valence-corrected chi connectivity index (χ0v) is 11.5. The molecule has 0 radical (unpaired) electrons. The van der Waals surface area contributed by atoms with Crippen molar-refractivity contribution < 1.29 is 23.5 Å². The number of halogens is 2. The molecule has 0 heterocycles. The first-order chi connectivity index (χ1) is 9.97. The van der Waals surface area contributed by atoms with E-state index < -0.39 is 17.6 Å². The number of amides is 1. The molecule has 0 spiro atoms. The van der Waals surface area contributed by atoms with Crippen LogP contribution >= 0.6 is 0 Å². The molecule has 1 amide bonds. The predicted octanol–water partition coefficient (Wildman–Crippen LogP) is 2.36. The molecule has 21 heavy (non-hydrogen) atoms. The number of aryl methyl sites for hydroxylation is 1. The van der Waals surface area contributed by atoms with Crippen molar-refractivity contribution in [3.8, 4) is 0 Å². The lowest BCUT2D eigenvalue weighted by Gasteiger charge is -2.20. The molecule has 0 unspecified atom stereocenters. The third-order valence-corrected chi connectivity index (χ3v) is 3.45. The first-order valence-corrected chi connectivity index (χ1v) is 6.92. The Bertz CT molecular complexity index is 544. The van der Waals surface area contributed by atoms with Crippen molar-refractivity contribution in [1.82, 2.24) is 4.90 Å². The highest BCUT2D eigenvalue weighted by Crippen LogP contribution is 2.27. The molecule has 1 aromatic rings. The molecule has 2 rings (SSSR count). The number of hydrogen-bond acceptors (Lipinski definition) is 2. The third kappa shape index (κ3) is 4.51. The maximum atomic E-state index is 13.0. The molecule has 1 aliphatic carbocycles. The van der Waals surface area contributed by atoms with Crippen molar-refractivity contribution in [3.63, 3.8) is 0 Å². The molecular weight excluding hydrogens is 280 g/mol. The molecule has 0 aromatic heterocycles. The van der Waals surface area contributed by atoms with E-state index in [-0.39, 0.29) is 24.9 Å². The molecule has 1 fully saturated rings. The number of nitrogens with zero attached hydrogens (tertiary/aromatic N) is 1. The molecule has 0 atom stereocenters. The first kappa shape index (κ1) is 15.4. The Balaban J connectivity index is 1.82. The van der Waals surface area contributed by atoms with Crippen LogP contribution in [0.15, 0.2) is 18.2 Å². The highest BCUT2D eigenvalue weighted by atomic mass is 19.2. The van der Waals surface area contributed by atoms with Gasteiger partial charge in [0.15, 0.2) is 11.6 Å².